The van der Waals surface area contributed by atoms with Gasteiger partial charge in [0.05, 0.1) is 0 Å². The minimum absolute atomic E-state index is 0.154. The number of pyridine rings is 1. The summed E-state index contributed by atoms with van der Waals surface area (Å²) in [6.07, 6.45) is 1.47. The number of anilines is 1. The number of amides is 2. The van der Waals surface area contributed by atoms with Gasteiger partial charge in [-0.05, 0) is 17.7 Å². The van der Waals surface area contributed by atoms with E-state index in [-0.39, 0.29) is 11.6 Å². The van der Waals surface area contributed by atoms with Crippen molar-refractivity contribution in [3.63, 3.8) is 0 Å². The van der Waals surface area contributed by atoms with E-state index < -0.39 is 23.4 Å². The molecule has 132 valence electrons. The molecule has 2 aromatic carbocycles. The van der Waals surface area contributed by atoms with Crippen molar-refractivity contribution in [2.24, 2.45) is 0 Å². The third-order valence-corrected chi connectivity index (χ3v) is 3.55. The number of carbonyl (C=O) groups excluding carboxylic acids is 1. The summed E-state index contributed by atoms with van der Waals surface area (Å²) < 4.78 is 33.5. The van der Waals surface area contributed by atoms with Gasteiger partial charge in [-0.15, -0.1) is 0 Å². The van der Waals surface area contributed by atoms with Crippen molar-refractivity contribution in [3.05, 3.63) is 72.4 Å². The fraction of sp³-hybridized carbons (Fsp3) is 0.0526. The summed E-state index contributed by atoms with van der Waals surface area (Å²) in [5.74, 6) is -1.86. The molecular formula is C19H15F2N3O2. The maximum absolute atomic E-state index is 14.0. The van der Waals surface area contributed by atoms with E-state index in [0.29, 0.717) is 5.56 Å². The normalized spacial score (nSPS) is 10.3. The highest BCUT2D eigenvalue weighted by molar-refractivity contribution is 5.88. The lowest BCUT2D eigenvalue weighted by Gasteiger charge is -2.14. The van der Waals surface area contributed by atoms with Crippen LogP contribution in [0.15, 0.2) is 60.8 Å². The number of hydrogen-bond acceptors (Lipinski definition) is 3. The van der Waals surface area contributed by atoms with Crippen LogP contribution in [0.2, 0.25) is 0 Å². The Labute approximate surface area is 148 Å². The molecule has 2 N–H and O–H groups in total. The minimum Gasteiger partial charge on any atom is -0.450 e. The molecule has 0 bridgehead atoms. The Morgan fingerprint density at radius 1 is 1.04 bits per heavy atom. The summed E-state index contributed by atoms with van der Waals surface area (Å²) in [5, 5.41) is 4.89. The van der Waals surface area contributed by atoms with Crippen LogP contribution in [0.4, 0.5) is 19.4 Å². The largest absolute Gasteiger partial charge is 0.450 e. The zero-order chi connectivity index (χ0) is 18.5. The van der Waals surface area contributed by atoms with Gasteiger partial charge >= 0.3 is 6.03 Å². The van der Waals surface area contributed by atoms with E-state index in [0.717, 1.165) is 17.7 Å². The lowest BCUT2D eigenvalue weighted by atomic mass is 10.1. The summed E-state index contributed by atoms with van der Waals surface area (Å²) in [4.78, 5) is 15.6. The highest BCUT2D eigenvalue weighted by atomic mass is 19.1. The minimum atomic E-state index is -0.832. The fourth-order valence-corrected chi connectivity index (χ4v) is 2.29. The zero-order valence-corrected chi connectivity index (χ0v) is 13.8. The van der Waals surface area contributed by atoms with Crippen molar-refractivity contribution in [2.45, 2.75) is 0 Å². The lowest BCUT2D eigenvalue weighted by Crippen LogP contribution is -2.24. The Kier molecular flexibility index (Phi) is 5.07. The molecule has 0 aliphatic carbocycles. The van der Waals surface area contributed by atoms with Crippen molar-refractivity contribution < 1.29 is 18.3 Å². The van der Waals surface area contributed by atoms with Gasteiger partial charge in [0.2, 0.25) is 0 Å². The molecule has 2 amide bonds. The SMILES string of the molecule is CNC(=O)Nc1cc(Oc2c(F)cccc2F)c(-c2ccccc2)cn1. The first kappa shape index (κ1) is 17.3. The maximum atomic E-state index is 14.0. The van der Waals surface area contributed by atoms with Crippen molar-refractivity contribution >= 4 is 11.8 Å². The Balaban J connectivity index is 2.06. The summed E-state index contributed by atoms with van der Waals surface area (Å²) >= 11 is 0. The average molecular weight is 355 g/mol. The van der Waals surface area contributed by atoms with Gasteiger partial charge < -0.3 is 10.1 Å². The number of aromatic nitrogens is 1. The van der Waals surface area contributed by atoms with Crippen LogP contribution in [-0.2, 0) is 0 Å². The van der Waals surface area contributed by atoms with E-state index >= 15 is 0 Å². The van der Waals surface area contributed by atoms with Crippen molar-refractivity contribution in [1.29, 1.82) is 0 Å². The standard InChI is InChI=1S/C19H15F2N3O2/c1-22-19(25)24-17-10-16(26-18-14(20)8-5-9-15(18)21)13(11-23-17)12-6-3-2-4-7-12/h2-11H,1H3,(H2,22,23,24,25). The van der Waals surface area contributed by atoms with Gasteiger partial charge in [-0.25, -0.2) is 18.6 Å². The molecule has 3 aromatic rings. The van der Waals surface area contributed by atoms with Crippen LogP contribution in [0.3, 0.4) is 0 Å². The van der Waals surface area contributed by atoms with Crippen LogP contribution in [-0.4, -0.2) is 18.1 Å². The number of rotatable bonds is 4. The van der Waals surface area contributed by atoms with Gasteiger partial charge in [-0.3, -0.25) is 5.32 Å². The molecule has 0 saturated heterocycles. The van der Waals surface area contributed by atoms with Gasteiger partial charge in [0.1, 0.15) is 11.6 Å². The number of hydrogen-bond donors (Lipinski definition) is 2. The van der Waals surface area contributed by atoms with Crippen molar-refractivity contribution in [3.8, 4) is 22.6 Å². The summed E-state index contributed by atoms with van der Waals surface area (Å²) in [6.45, 7) is 0. The first-order chi connectivity index (χ1) is 12.6. The molecule has 0 radical (unpaired) electrons. The Morgan fingerprint density at radius 2 is 1.73 bits per heavy atom. The molecule has 1 heterocycles. The second-order valence-electron chi connectivity index (χ2n) is 5.29. The molecule has 1 aromatic heterocycles. The van der Waals surface area contributed by atoms with Crippen LogP contribution in [0.25, 0.3) is 11.1 Å². The fourth-order valence-electron chi connectivity index (χ4n) is 2.29. The Morgan fingerprint density at radius 3 is 2.38 bits per heavy atom. The number of halogens is 2. The van der Waals surface area contributed by atoms with Crippen molar-refractivity contribution in [2.75, 3.05) is 12.4 Å². The number of urea groups is 1. The van der Waals surface area contributed by atoms with E-state index in [4.69, 9.17) is 4.74 Å². The van der Waals surface area contributed by atoms with Gasteiger partial charge in [0.25, 0.3) is 0 Å². The quantitative estimate of drug-likeness (QED) is 0.721. The first-order valence-corrected chi connectivity index (χ1v) is 7.74. The molecule has 26 heavy (non-hydrogen) atoms. The number of benzene rings is 2. The van der Waals surface area contributed by atoms with Crippen LogP contribution in [0.5, 0.6) is 11.5 Å². The van der Waals surface area contributed by atoms with Gasteiger partial charge in [0, 0.05) is 24.9 Å². The highest BCUT2D eigenvalue weighted by Gasteiger charge is 2.16. The highest BCUT2D eigenvalue weighted by Crippen LogP contribution is 2.36. The van der Waals surface area contributed by atoms with E-state index in [1.165, 1.54) is 25.4 Å². The molecule has 0 saturated carbocycles. The monoisotopic (exact) mass is 355 g/mol. The zero-order valence-electron chi connectivity index (χ0n) is 13.8. The third kappa shape index (κ3) is 3.77. The van der Waals surface area contributed by atoms with Crippen LogP contribution < -0.4 is 15.4 Å². The van der Waals surface area contributed by atoms with Gasteiger partial charge in [-0.1, -0.05) is 36.4 Å². The summed E-state index contributed by atoms with van der Waals surface area (Å²) in [6, 6.07) is 13.5. The molecule has 0 atom stereocenters. The van der Waals surface area contributed by atoms with Crippen LogP contribution >= 0.6 is 0 Å². The average Bonchev–Trinajstić information content (AvgIpc) is 2.65. The smallest absolute Gasteiger partial charge is 0.320 e. The lowest BCUT2D eigenvalue weighted by molar-refractivity contribution is 0.254. The predicted molar refractivity (Wildman–Crippen MR) is 94.2 cm³/mol. The molecular weight excluding hydrogens is 340 g/mol. The van der Waals surface area contributed by atoms with Crippen LogP contribution in [0.1, 0.15) is 0 Å². The third-order valence-electron chi connectivity index (χ3n) is 3.55. The molecule has 7 heteroatoms. The number of para-hydroxylation sites is 1. The van der Waals surface area contributed by atoms with E-state index in [1.54, 1.807) is 0 Å². The van der Waals surface area contributed by atoms with Gasteiger partial charge in [0.15, 0.2) is 17.4 Å². The number of nitrogens with one attached hydrogen (secondary N) is 2. The molecule has 3 rings (SSSR count). The van der Waals surface area contributed by atoms with Crippen molar-refractivity contribution in [1.82, 2.24) is 10.3 Å². The topological polar surface area (TPSA) is 63.2 Å². The van der Waals surface area contributed by atoms with E-state index in [1.807, 2.05) is 30.3 Å². The molecule has 0 aliphatic heterocycles. The second-order valence-corrected chi connectivity index (χ2v) is 5.29. The molecule has 0 spiro atoms. The Bertz CT molecular complexity index is 913. The van der Waals surface area contributed by atoms with E-state index in [9.17, 15) is 13.6 Å². The number of ether oxygens (including phenoxy) is 1. The first-order valence-electron chi connectivity index (χ1n) is 7.74. The number of nitrogens with zero attached hydrogens (tertiary/aromatic N) is 1. The predicted octanol–water partition coefficient (Wildman–Crippen LogP) is 4.57. The number of carbonyl (C=O) groups is 1. The summed E-state index contributed by atoms with van der Waals surface area (Å²) in [5.41, 5.74) is 1.27. The van der Waals surface area contributed by atoms with Gasteiger partial charge in [-0.2, -0.15) is 0 Å². The molecule has 0 unspecified atom stereocenters. The second kappa shape index (κ2) is 7.60. The molecule has 5 nitrogen and oxygen atoms in total. The molecule has 0 aliphatic rings. The summed E-state index contributed by atoms with van der Waals surface area (Å²) in [7, 11) is 1.46. The molecule has 0 fully saturated rings. The maximum Gasteiger partial charge on any atom is 0.320 e. The van der Waals surface area contributed by atoms with E-state index in [2.05, 4.69) is 15.6 Å². The Hall–Kier alpha value is -3.48. The van der Waals surface area contributed by atoms with Crippen LogP contribution in [0, 0.1) is 11.6 Å².